The topological polar surface area (TPSA) is 3.24 Å². The van der Waals surface area contributed by atoms with Gasteiger partial charge in [-0.15, -0.1) is 35.6 Å². The maximum atomic E-state index is 5.98. The Morgan fingerprint density at radius 1 is 0.773 bits per heavy atom. The summed E-state index contributed by atoms with van der Waals surface area (Å²) in [6.07, 6.45) is 0.971. The lowest BCUT2D eigenvalue weighted by Gasteiger charge is -2.31. The van der Waals surface area contributed by atoms with E-state index in [1.807, 2.05) is 0 Å². The molecular weight excluding hydrogens is 337 g/mol. The summed E-state index contributed by atoms with van der Waals surface area (Å²) in [5.41, 5.74) is 2.65. The fourth-order valence-electron chi connectivity index (χ4n) is 2.61. The van der Waals surface area contributed by atoms with Crippen LogP contribution in [0.1, 0.15) is 17.2 Å². The van der Waals surface area contributed by atoms with Crippen molar-refractivity contribution in [2.24, 2.45) is 0 Å². The molecule has 0 radical (unpaired) electrons. The maximum Gasteiger partial charge on any atom is 0.0389 e. The standard InChI is InChI=1S/C18H21Cl2N.ClH/c19-11-13-21(14-12-20)18(17-9-5-2-6-10-17)15-16-7-3-1-4-8-16;/h1-10,18H,11-15H2;1H. The van der Waals surface area contributed by atoms with Gasteiger partial charge in [0.25, 0.3) is 0 Å². The molecule has 0 fully saturated rings. The molecule has 0 saturated carbocycles. The van der Waals surface area contributed by atoms with Gasteiger partial charge in [0.1, 0.15) is 0 Å². The molecule has 1 atom stereocenters. The van der Waals surface area contributed by atoms with Crippen LogP contribution in [0.2, 0.25) is 0 Å². The predicted molar refractivity (Wildman–Crippen MR) is 99.6 cm³/mol. The molecular formula is C18H22Cl3N. The average molecular weight is 359 g/mol. The Labute approximate surface area is 149 Å². The highest BCUT2D eigenvalue weighted by Gasteiger charge is 2.19. The van der Waals surface area contributed by atoms with Crippen LogP contribution in [0.5, 0.6) is 0 Å². The Balaban J connectivity index is 0.00000242. The zero-order valence-electron chi connectivity index (χ0n) is 12.5. The van der Waals surface area contributed by atoms with E-state index in [-0.39, 0.29) is 12.4 Å². The van der Waals surface area contributed by atoms with Crippen LogP contribution in [0, 0.1) is 0 Å². The Bertz CT molecular complexity index is 498. The van der Waals surface area contributed by atoms with Crippen molar-refractivity contribution in [2.75, 3.05) is 24.8 Å². The molecule has 1 nitrogen and oxygen atoms in total. The molecule has 0 spiro atoms. The number of hydrogen-bond acceptors (Lipinski definition) is 1. The second-order valence-corrected chi connectivity index (χ2v) is 5.79. The Morgan fingerprint density at radius 3 is 1.77 bits per heavy atom. The van der Waals surface area contributed by atoms with Crippen LogP contribution in [0.25, 0.3) is 0 Å². The summed E-state index contributed by atoms with van der Waals surface area (Å²) < 4.78 is 0. The largest absolute Gasteiger partial charge is 0.294 e. The average Bonchev–Trinajstić information content (AvgIpc) is 2.54. The molecule has 0 N–H and O–H groups in total. The second-order valence-electron chi connectivity index (χ2n) is 5.03. The minimum absolute atomic E-state index is 0. The van der Waals surface area contributed by atoms with Gasteiger partial charge in [-0.25, -0.2) is 0 Å². The molecule has 2 rings (SSSR count). The minimum Gasteiger partial charge on any atom is -0.294 e. The van der Waals surface area contributed by atoms with Gasteiger partial charge in [-0.2, -0.15) is 0 Å². The van der Waals surface area contributed by atoms with Gasteiger partial charge in [-0.1, -0.05) is 60.7 Å². The Morgan fingerprint density at radius 2 is 1.27 bits per heavy atom. The predicted octanol–water partition coefficient (Wildman–Crippen LogP) is 5.17. The van der Waals surface area contributed by atoms with Crippen LogP contribution in [0.15, 0.2) is 60.7 Å². The van der Waals surface area contributed by atoms with Crippen molar-refractivity contribution in [1.82, 2.24) is 4.90 Å². The quantitative estimate of drug-likeness (QED) is 0.588. The molecule has 0 bridgehead atoms. The molecule has 0 aromatic heterocycles. The van der Waals surface area contributed by atoms with Crippen molar-refractivity contribution in [2.45, 2.75) is 12.5 Å². The lowest BCUT2D eigenvalue weighted by atomic mass is 9.97. The van der Waals surface area contributed by atoms with Crippen LogP contribution >= 0.6 is 35.6 Å². The van der Waals surface area contributed by atoms with Crippen LogP contribution in [0.3, 0.4) is 0 Å². The first kappa shape index (κ1) is 19.3. The molecule has 4 heteroatoms. The van der Waals surface area contributed by atoms with E-state index in [0.29, 0.717) is 17.8 Å². The summed E-state index contributed by atoms with van der Waals surface area (Å²) in [5.74, 6) is 1.24. The van der Waals surface area contributed by atoms with Gasteiger partial charge in [0.2, 0.25) is 0 Å². The first-order chi connectivity index (χ1) is 10.3. The number of halogens is 3. The van der Waals surface area contributed by atoms with E-state index < -0.39 is 0 Å². The lowest BCUT2D eigenvalue weighted by Crippen LogP contribution is -2.33. The van der Waals surface area contributed by atoms with Crippen LogP contribution < -0.4 is 0 Å². The SMILES string of the molecule is Cl.ClCCN(CCCl)C(Cc1ccccc1)c1ccccc1. The summed E-state index contributed by atoms with van der Waals surface area (Å²) in [7, 11) is 0. The zero-order valence-corrected chi connectivity index (χ0v) is 14.8. The summed E-state index contributed by atoms with van der Waals surface area (Å²) in [4.78, 5) is 2.38. The first-order valence-electron chi connectivity index (χ1n) is 7.30. The van der Waals surface area contributed by atoms with Gasteiger partial charge in [0, 0.05) is 30.9 Å². The molecule has 0 saturated heterocycles. The molecule has 0 heterocycles. The van der Waals surface area contributed by atoms with Gasteiger partial charge in [-0.3, -0.25) is 4.90 Å². The summed E-state index contributed by atoms with van der Waals surface area (Å²) in [6, 6.07) is 21.5. The van der Waals surface area contributed by atoms with Crippen molar-refractivity contribution in [1.29, 1.82) is 0 Å². The van der Waals surface area contributed by atoms with E-state index in [4.69, 9.17) is 23.2 Å². The second kappa shape index (κ2) is 10.9. The Kier molecular flexibility index (Phi) is 9.58. The normalized spacial score (nSPS) is 12.0. The number of alkyl halides is 2. The van der Waals surface area contributed by atoms with E-state index >= 15 is 0 Å². The van der Waals surface area contributed by atoms with Crippen LogP contribution in [-0.4, -0.2) is 29.7 Å². The van der Waals surface area contributed by atoms with E-state index in [1.54, 1.807) is 0 Å². The van der Waals surface area contributed by atoms with Crippen molar-refractivity contribution in [3.63, 3.8) is 0 Å². The number of rotatable bonds is 8. The highest BCUT2D eigenvalue weighted by molar-refractivity contribution is 6.18. The molecule has 0 aliphatic carbocycles. The third-order valence-electron chi connectivity index (χ3n) is 3.64. The molecule has 0 aliphatic rings. The van der Waals surface area contributed by atoms with Crippen LogP contribution in [0.4, 0.5) is 0 Å². The van der Waals surface area contributed by atoms with Gasteiger partial charge >= 0.3 is 0 Å². The van der Waals surface area contributed by atoms with Crippen molar-refractivity contribution in [3.8, 4) is 0 Å². The molecule has 2 aromatic rings. The number of benzene rings is 2. The molecule has 0 amide bonds. The van der Waals surface area contributed by atoms with Gasteiger partial charge < -0.3 is 0 Å². The van der Waals surface area contributed by atoms with Crippen molar-refractivity contribution < 1.29 is 0 Å². The fraction of sp³-hybridized carbons (Fsp3) is 0.333. The summed E-state index contributed by atoms with van der Waals surface area (Å²) in [5, 5.41) is 0. The third-order valence-corrected chi connectivity index (χ3v) is 3.98. The zero-order chi connectivity index (χ0) is 14.9. The molecule has 120 valence electrons. The molecule has 2 aromatic carbocycles. The highest BCUT2D eigenvalue weighted by Crippen LogP contribution is 2.25. The Hall–Kier alpha value is -0.730. The highest BCUT2D eigenvalue weighted by atomic mass is 35.5. The van der Waals surface area contributed by atoms with E-state index in [9.17, 15) is 0 Å². The molecule has 1 unspecified atom stereocenters. The van der Waals surface area contributed by atoms with Gasteiger partial charge in [-0.05, 0) is 17.5 Å². The minimum atomic E-state index is 0. The lowest BCUT2D eigenvalue weighted by molar-refractivity contribution is 0.220. The summed E-state index contributed by atoms with van der Waals surface area (Å²) in [6.45, 7) is 1.70. The summed E-state index contributed by atoms with van der Waals surface area (Å²) >= 11 is 12.0. The molecule has 0 aliphatic heterocycles. The van der Waals surface area contributed by atoms with E-state index in [2.05, 4.69) is 65.6 Å². The first-order valence-corrected chi connectivity index (χ1v) is 8.37. The van der Waals surface area contributed by atoms with Crippen molar-refractivity contribution >= 4 is 35.6 Å². The maximum absolute atomic E-state index is 5.98. The van der Waals surface area contributed by atoms with E-state index in [0.717, 1.165) is 19.5 Å². The van der Waals surface area contributed by atoms with Crippen LogP contribution in [-0.2, 0) is 6.42 Å². The van der Waals surface area contributed by atoms with Gasteiger partial charge in [0.15, 0.2) is 0 Å². The van der Waals surface area contributed by atoms with E-state index in [1.165, 1.54) is 11.1 Å². The smallest absolute Gasteiger partial charge is 0.0389 e. The number of hydrogen-bond donors (Lipinski definition) is 0. The third kappa shape index (κ3) is 5.81. The fourth-order valence-corrected chi connectivity index (χ4v) is 3.05. The monoisotopic (exact) mass is 357 g/mol. The van der Waals surface area contributed by atoms with Crippen molar-refractivity contribution in [3.05, 3.63) is 71.8 Å². The van der Waals surface area contributed by atoms with Gasteiger partial charge in [0.05, 0.1) is 0 Å². The molecule has 22 heavy (non-hydrogen) atoms. The number of nitrogens with zero attached hydrogens (tertiary/aromatic N) is 1.